The molecule has 1 aromatic carbocycles. The lowest BCUT2D eigenvalue weighted by molar-refractivity contribution is 1.09. The number of nitrogen functional groups attached to an aromatic ring is 1. The van der Waals surface area contributed by atoms with E-state index in [2.05, 4.69) is 39.2 Å². The molecule has 0 aliphatic heterocycles. The molecule has 0 aliphatic carbocycles. The van der Waals surface area contributed by atoms with Crippen molar-refractivity contribution in [3.63, 3.8) is 0 Å². The molecule has 1 nitrogen and oxygen atoms in total. The Morgan fingerprint density at radius 3 is 2.46 bits per heavy atom. The molecule has 0 heterocycles. The van der Waals surface area contributed by atoms with Crippen molar-refractivity contribution in [2.75, 3.05) is 12.0 Å². The van der Waals surface area contributed by atoms with Gasteiger partial charge in [-0.2, -0.15) is 11.8 Å². The van der Waals surface area contributed by atoms with Gasteiger partial charge in [-0.15, -0.1) is 0 Å². The van der Waals surface area contributed by atoms with Crippen LogP contribution in [-0.2, 0) is 0 Å². The number of nitrogens with two attached hydrogens (primary N) is 1. The van der Waals surface area contributed by atoms with Gasteiger partial charge in [-0.25, -0.2) is 0 Å². The first-order valence-corrected chi connectivity index (χ1v) is 5.74. The molecular weight excluding hydrogens is 178 g/mol. The third kappa shape index (κ3) is 2.19. The quantitative estimate of drug-likeness (QED) is 0.733. The number of thioether (sulfide) groups is 1. The summed E-state index contributed by atoms with van der Waals surface area (Å²) in [5.41, 5.74) is 10.7. The monoisotopic (exact) mass is 195 g/mol. The van der Waals surface area contributed by atoms with E-state index >= 15 is 0 Å². The van der Waals surface area contributed by atoms with Crippen LogP contribution in [0.2, 0.25) is 0 Å². The van der Waals surface area contributed by atoms with E-state index in [1.54, 1.807) is 0 Å². The standard InChI is InChI=1S/C11H17NS/c1-7-5-8(2)11(12)10(6-7)9(3)13-4/h5-6,9H,12H2,1-4H3. The molecule has 0 radical (unpaired) electrons. The van der Waals surface area contributed by atoms with Crippen LogP contribution in [0.25, 0.3) is 0 Å². The van der Waals surface area contributed by atoms with Crippen LogP contribution in [0.5, 0.6) is 0 Å². The largest absolute Gasteiger partial charge is 0.398 e. The molecule has 13 heavy (non-hydrogen) atoms. The Labute approximate surface area is 84.7 Å². The zero-order valence-electron chi connectivity index (χ0n) is 8.72. The fraction of sp³-hybridized carbons (Fsp3) is 0.455. The zero-order valence-corrected chi connectivity index (χ0v) is 9.53. The van der Waals surface area contributed by atoms with E-state index in [-0.39, 0.29) is 0 Å². The lowest BCUT2D eigenvalue weighted by Crippen LogP contribution is -1.99. The van der Waals surface area contributed by atoms with Crippen LogP contribution in [0.4, 0.5) is 5.69 Å². The fourth-order valence-electron chi connectivity index (χ4n) is 1.47. The van der Waals surface area contributed by atoms with E-state index < -0.39 is 0 Å². The predicted molar refractivity (Wildman–Crippen MR) is 62.3 cm³/mol. The zero-order chi connectivity index (χ0) is 10.0. The second-order valence-electron chi connectivity index (χ2n) is 3.46. The highest BCUT2D eigenvalue weighted by Gasteiger charge is 2.09. The number of rotatable bonds is 2. The Kier molecular flexibility index (Phi) is 3.26. The molecule has 0 fully saturated rings. The van der Waals surface area contributed by atoms with Crippen molar-refractivity contribution in [1.29, 1.82) is 0 Å². The molecule has 1 rings (SSSR count). The van der Waals surface area contributed by atoms with Gasteiger partial charge in [0, 0.05) is 10.9 Å². The molecular formula is C11H17NS. The lowest BCUT2D eigenvalue weighted by atomic mass is 10.0. The molecule has 0 spiro atoms. The topological polar surface area (TPSA) is 26.0 Å². The Morgan fingerprint density at radius 2 is 1.92 bits per heavy atom. The summed E-state index contributed by atoms with van der Waals surface area (Å²) >= 11 is 1.83. The first kappa shape index (κ1) is 10.5. The van der Waals surface area contributed by atoms with Crippen LogP contribution in [0.3, 0.4) is 0 Å². The number of anilines is 1. The summed E-state index contributed by atoms with van der Waals surface area (Å²) in [6.07, 6.45) is 2.11. The van der Waals surface area contributed by atoms with Gasteiger partial charge in [0.2, 0.25) is 0 Å². The van der Waals surface area contributed by atoms with Crippen molar-refractivity contribution < 1.29 is 0 Å². The second kappa shape index (κ2) is 4.05. The van der Waals surface area contributed by atoms with E-state index in [4.69, 9.17) is 5.73 Å². The first-order valence-electron chi connectivity index (χ1n) is 4.45. The van der Waals surface area contributed by atoms with Crippen molar-refractivity contribution in [1.82, 2.24) is 0 Å². The van der Waals surface area contributed by atoms with Gasteiger partial charge in [-0.1, -0.05) is 17.7 Å². The molecule has 0 saturated carbocycles. The van der Waals surface area contributed by atoms with E-state index in [0.29, 0.717) is 5.25 Å². The first-order chi connectivity index (χ1) is 6.06. The summed E-state index contributed by atoms with van der Waals surface area (Å²) in [5, 5.41) is 0.485. The van der Waals surface area contributed by atoms with E-state index in [1.807, 2.05) is 11.8 Å². The molecule has 0 saturated heterocycles. The SMILES string of the molecule is CSC(C)c1cc(C)cc(C)c1N. The molecule has 0 aliphatic rings. The molecule has 2 heteroatoms. The average molecular weight is 195 g/mol. The van der Waals surface area contributed by atoms with Gasteiger partial charge in [-0.05, 0) is 38.2 Å². The van der Waals surface area contributed by atoms with Crippen LogP contribution >= 0.6 is 11.8 Å². The molecule has 2 N–H and O–H groups in total. The Morgan fingerprint density at radius 1 is 1.31 bits per heavy atom. The molecule has 0 aromatic heterocycles. The number of aryl methyl sites for hydroxylation is 2. The third-order valence-electron chi connectivity index (χ3n) is 2.35. The van der Waals surface area contributed by atoms with Crippen molar-refractivity contribution in [3.05, 3.63) is 28.8 Å². The van der Waals surface area contributed by atoms with Crippen LogP contribution in [-0.4, -0.2) is 6.26 Å². The molecule has 72 valence electrons. The minimum atomic E-state index is 0.485. The number of benzene rings is 1. The summed E-state index contributed by atoms with van der Waals surface area (Å²) in [6.45, 7) is 6.37. The van der Waals surface area contributed by atoms with Crippen molar-refractivity contribution >= 4 is 17.4 Å². The summed E-state index contributed by atoms with van der Waals surface area (Å²) < 4.78 is 0. The van der Waals surface area contributed by atoms with Crippen LogP contribution in [0.1, 0.15) is 28.9 Å². The maximum atomic E-state index is 6.01. The second-order valence-corrected chi connectivity index (χ2v) is 4.64. The molecule has 1 unspecified atom stereocenters. The third-order valence-corrected chi connectivity index (χ3v) is 3.32. The number of hydrogen-bond acceptors (Lipinski definition) is 2. The van der Waals surface area contributed by atoms with Crippen LogP contribution in [0, 0.1) is 13.8 Å². The Hall–Kier alpha value is -0.630. The van der Waals surface area contributed by atoms with Gasteiger partial charge >= 0.3 is 0 Å². The van der Waals surface area contributed by atoms with Crippen molar-refractivity contribution in [3.8, 4) is 0 Å². The minimum absolute atomic E-state index is 0.485. The Bertz CT molecular complexity index is 307. The van der Waals surface area contributed by atoms with Gasteiger partial charge in [-0.3, -0.25) is 0 Å². The summed E-state index contributed by atoms with van der Waals surface area (Å²) in [4.78, 5) is 0. The van der Waals surface area contributed by atoms with Gasteiger partial charge in [0.05, 0.1) is 0 Å². The minimum Gasteiger partial charge on any atom is -0.398 e. The summed E-state index contributed by atoms with van der Waals surface area (Å²) in [7, 11) is 0. The van der Waals surface area contributed by atoms with Crippen LogP contribution < -0.4 is 5.73 Å². The lowest BCUT2D eigenvalue weighted by Gasteiger charge is -2.14. The fourth-order valence-corrected chi connectivity index (χ4v) is 1.92. The highest BCUT2D eigenvalue weighted by atomic mass is 32.2. The Balaban J connectivity index is 3.20. The summed E-state index contributed by atoms with van der Waals surface area (Å²) in [6, 6.07) is 4.31. The highest BCUT2D eigenvalue weighted by Crippen LogP contribution is 2.32. The number of hydrogen-bond donors (Lipinski definition) is 1. The van der Waals surface area contributed by atoms with Gasteiger partial charge < -0.3 is 5.73 Å². The summed E-state index contributed by atoms with van der Waals surface area (Å²) in [5.74, 6) is 0. The highest BCUT2D eigenvalue weighted by molar-refractivity contribution is 7.98. The van der Waals surface area contributed by atoms with Gasteiger partial charge in [0.15, 0.2) is 0 Å². The van der Waals surface area contributed by atoms with E-state index in [0.717, 1.165) is 5.69 Å². The average Bonchev–Trinajstić information content (AvgIpc) is 2.10. The van der Waals surface area contributed by atoms with E-state index in [9.17, 15) is 0 Å². The van der Waals surface area contributed by atoms with Crippen molar-refractivity contribution in [2.45, 2.75) is 26.0 Å². The van der Waals surface area contributed by atoms with E-state index in [1.165, 1.54) is 16.7 Å². The van der Waals surface area contributed by atoms with Gasteiger partial charge in [0.1, 0.15) is 0 Å². The van der Waals surface area contributed by atoms with Crippen LogP contribution in [0.15, 0.2) is 12.1 Å². The maximum Gasteiger partial charge on any atom is 0.0387 e. The molecule has 1 aromatic rings. The smallest absolute Gasteiger partial charge is 0.0387 e. The molecule has 1 atom stereocenters. The normalized spacial score (nSPS) is 12.9. The van der Waals surface area contributed by atoms with Crippen molar-refractivity contribution in [2.24, 2.45) is 0 Å². The van der Waals surface area contributed by atoms with Gasteiger partial charge in [0.25, 0.3) is 0 Å². The molecule has 0 bridgehead atoms. The molecule has 0 amide bonds. The predicted octanol–water partition coefficient (Wildman–Crippen LogP) is 3.31. The maximum absolute atomic E-state index is 6.01.